The maximum Gasteiger partial charge on any atom is 0.354 e. The van der Waals surface area contributed by atoms with Crippen molar-refractivity contribution in [2.75, 3.05) is 19.6 Å². The van der Waals surface area contributed by atoms with E-state index < -0.39 is 5.97 Å². The predicted octanol–water partition coefficient (Wildman–Crippen LogP) is 7.47. The summed E-state index contributed by atoms with van der Waals surface area (Å²) in [5, 5.41) is 14.9. The van der Waals surface area contributed by atoms with Gasteiger partial charge in [0.1, 0.15) is 28.7 Å². The molecule has 10 heteroatoms. The Labute approximate surface area is 260 Å². The maximum atomic E-state index is 12.3. The number of aromatic nitrogens is 3. The van der Waals surface area contributed by atoms with E-state index >= 15 is 0 Å². The van der Waals surface area contributed by atoms with E-state index in [2.05, 4.69) is 35.9 Å². The number of nitrogens with zero attached hydrogens (tertiary/aromatic N) is 4. The highest BCUT2D eigenvalue weighted by atomic mass is 35.5. The number of halogens is 2. The van der Waals surface area contributed by atoms with Crippen LogP contribution in [0.15, 0.2) is 51.6 Å². The maximum absolute atomic E-state index is 12.3. The fourth-order valence-electron chi connectivity index (χ4n) is 5.72. The first-order valence-electron chi connectivity index (χ1n) is 14.4. The summed E-state index contributed by atoms with van der Waals surface area (Å²) >= 11 is 0. The van der Waals surface area contributed by atoms with Gasteiger partial charge < -0.3 is 18.8 Å². The van der Waals surface area contributed by atoms with Crippen molar-refractivity contribution < 1.29 is 18.7 Å². The van der Waals surface area contributed by atoms with Crippen molar-refractivity contribution in [3.05, 3.63) is 82.6 Å². The summed E-state index contributed by atoms with van der Waals surface area (Å²) < 4.78 is 13.5. The minimum absolute atomic E-state index is 0. The zero-order valence-corrected chi connectivity index (χ0v) is 26.5. The zero-order chi connectivity index (χ0) is 28.2. The van der Waals surface area contributed by atoms with E-state index in [4.69, 9.17) is 13.9 Å². The Kier molecular flexibility index (Phi) is 11.9. The second kappa shape index (κ2) is 14.9. The molecular weight excluding hydrogens is 575 g/mol. The quantitative estimate of drug-likeness (QED) is 0.166. The molecule has 4 heterocycles. The van der Waals surface area contributed by atoms with Gasteiger partial charge in [-0.05, 0) is 101 Å². The molecule has 0 bridgehead atoms. The Balaban J connectivity index is 0.00000242. The molecule has 0 fully saturated rings. The molecule has 5 rings (SSSR count). The molecule has 0 saturated heterocycles. The number of aryl methyl sites for hydroxylation is 4. The Bertz CT molecular complexity index is 1410. The third-order valence-corrected chi connectivity index (χ3v) is 8.15. The lowest BCUT2D eigenvalue weighted by molar-refractivity contribution is 0.0681. The molecule has 2 unspecified atom stereocenters. The molecule has 0 spiro atoms. The van der Waals surface area contributed by atoms with Crippen LogP contribution in [-0.4, -0.2) is 50.4 Å². The highest BCUT2D eigenvalue weighted by Gasteiger charge is 2.28. The Morgan fingerprint density at radius 1 is 0.952 bits per heavy atom. The van der Waals surface area contributed by atoms with Crippen LogP contribution >= 0.6 is 24.8 Å². The smallest absolute Gasteiger partial charge is 0.354 e. The average Bonchev–Trinajstić information content (AvgIpc) is 3.67. The molecule has 0 radical (unpaired) electrons. The second-order valence-corrected chi connectivity index (χ2v) is 11.2. The summed E-state index contributed by atoms with van der Waals surface area (Å²) in [5.41, 5.74) is 4.09. The van der Waals surface area contributed by atoms with Crippen molar-refractivity contribution >= 4 is 30.8 Å². The van der Waals surface area contributed by atoms with Crippen molar-refractivity contribution in [1.29, 1.82) is 0 Å². The van der Waals surface area contributed by atoms with Crippen molar-refractivity contribution in [3.8, 4) is 11.3 Å². The van der Waals surface area contributed by atoms with Gasteiger partial charge in [0.05, 0.1) is 5.69 Å². The third kappa shape index (κ3) is 7.65. The minimum atomic E-state index is -0.909. The van der Waals surface area contributed by atoms with Gasteiger partial charge in [0.25, 0.3) is 0 Å². The van der Waals surface area contributed by atoms with Crippen molar-refractivity contribution in [3.63, 3.8) is 0 Å². The highest BCUT2D eigenvalue weighted by Crippen LogP contribution is 2.34. The fourth-order valence-corrected chi connectivity index (χ4v) is 5.72. The molecular formula is C32H42Cl2N4O4. The third-order valence-electron chi connectivity index (χ3n) is 8.15. The van der Waals surface area contributed by atoms with Crippen LogP contribution in [0.5, 0.6) is 0 Å². The molecule has 1 N–H and O–H groups in total. The summed E-state index contributed by atoms with van der Waals surface area (Å²) in [6.07, 6.45) is 7.87. The highest BCUT2D eigenvalue weighted by molar-refractivity contribution is 5.90. The Hall–Kier alpha value is -3.07. The van der Waals surface area contributed by atoms with Crippen molar-refractivity contribution in [2.24, 2.45) is 0 Å². The molecule has 228 valence electrons. The number of furan rings is 2. The van der Waals surface area contributed by atoms with Crippen LogP contribution in [0, 0.1) is 13.8 Å². The molecule has 0 aromatic carbocycles. The van der Waals surface area contributed by atoms with E-state index in [9.17, 15) is 9.90 Å². The standard InChI is InChI=1S/C32H40N4O4.2ClH/c1-21(28-10-6-23(3)39-28)13-18-35(19-14-22(2)29-11-7-24(4)40-29)16-5-17-36-31(32(37)38)27-9-8-25-20-33-15-12-26(25)30(27)34-36;;/h6-7,10-12,15,20-22H,5,8-9,13-14,16-19H2,1-4H3,(H,37,38);2*1H. The lowest BCUT2D eigenvalue weighted by Gasteiger charge is -2.25. The van der Waals surface area contributed by atoms with E-state index in [-0.39, 0.29) is 24.8 Å². The number of rotatable bonds is 13. The van der Waals surface area contributed by atoms with E-state index in [1.54, 1.807) is 10.9 Å². The molecule has 0 saturated carbocycles. The first-order chi connectivity index (χ1) is 19.3. The van der Waals surface area contributed by atoms with Crippen LogP contribution in [0.1, 0.15) is 89.6 Å². The number of hydrogen-bond donors (Lipinski definition) is 1. The number of carbonyl (C=O) groups is 1. The largest absolute Gasteiger partial charge is 0.477 e. The molecule has 8 nitrogen and oxygen atoms in total. The first kappa shape index (κ1) is 33.4. The van der Waals surface area contributed by atoms with Gasteiger partial charge in [0.15, 0.2) is 0 Å². The lowest BCUT2D eigenvalue weighted by Crippen LogP contribution is -2.30. The number of aromatic carboxylic acids is 1. The monoisotopic (exact) mass is 616 g/mol. The molecule has 2 atom stereocenters. The van der Waals surface area contributed by atoms with Crippen LogP contribution in [0.3, 0.4) is 0 Å². The summed E-state index contributed by atoms with van der Waals surface area (Å²) in [6, 6.07) is 10.1. The van der Waals surface area contributed by atoms with E-state index in [0.29, 0.717) is 30.5 Å². The van der Waals surface area contributed by atoms with Crippen molar-refractivity contribution in [1.82, 2.24) is 19.7 Å². The van der Waals surface area contributed by atoms with E-state index in [1.807, 2.05) is 38.2 Å². The van der Waals surface area contributed by atoms with Gasteiger partial charge in [-0.15, -0.1) is 24.8 Å². The van der Waals surface area contributed by atoms with Gasteiger partial charge in [0, 0.05) is 41.9 Å². The SMILES string of the molecule is Cc1ccc(C(C)CCN(CCCn2nc3c(c2C(=O)O)CCc2cnccc2-3)CCC(C)c2ccc(C)o2)o1.Cl.Cl. The van der Waals surface area contributed by atoms with Crippen molar-refractivity contribution in [2.45, 2.75) is 78.2 Å². The minimum Gasteiger partial charge on any atom is -0.477 e. The topological polar surface area (TPSA) is 97.5 Å². The fraction of sp³-hybridized carbons (Fsp3) is 0.469. The number of carboxylic acid groups (broad SMARTS) is 1. The van der Waals surface area contributed by atoms with Gasteiger partial charge in [-0.2, -0.15) is 5.10 Å². The molecule has 4 aromatic rings. The predicted molar refractivity (Wildman–Crippen MR) is 168 cm³/mol. The summed E-state index contributed by atoms with van der Waals surface area (Å²) in [4.78, 5) is 19.0. The molecule has 0 aliphatic heterocycles. The zero-order valence-electron chi connectivity index (χ0n) is 24.8. The number of carboxylic acids is 1. The van der Waals surface area contributed by atoms with Gasteiger partial charge in [0.2, 0.25) is 0 Å². The van der Waals surface area contributed by atoms with Crippen LogP contribution < -0.4 is 0 Å². The normalized spacial score (nSPS) is 13.5. The summed E-state index contributed by atoms with van der Waals surface area (Å²) in [7, 11) is 0. The van der Waals surface area contributed by atoms with Gasteiger partial charge in [-0.3, -0.25) is 9.67 Å². The molecule has 4 aromatic heterocycles. The Morgan fingerprint density at radius 2 is 1.57 bits per heavy atom. The van der Waals surface area contributed by atoms with E-state index in [0.717, 1.165) is 90.7 Å². The van der Waals surface area contributed by atoms with Gasteiger partial charge >= 0.3 is 5.97 Å². The van der Waals surface area contributed by atoms with Crippen LogP contribution in [0.25, 0.3) is 11.3 Å². The average molecular weight is 618 g/mol. The number of pyridine rings is 1. The molecule has 1 aliphatic rings. The lowest BCUT2D eigenvalue weighted by atomic mass is 9.90. The molecule has 0 amide bonds. The van der Waals surface area contributed by atoms with Crippen LogP contribution in [-0.2, 0) is 19.4 Å². The Morgan fingerprint density at radius 3 is 2.12 bits per heavy atom. The molecule has 42 heavy (non-hydrogen) atoms. The summed E-state index contributed by atoms with van der Waals surface area (Å²) in [6.45, 7) is 11.7. The van der Waals surface area contributed by atoms with Gasteiger partial charge in [-0.1, -0.05) is 13.8 Å². The second-order valence-electron chi connectivity index (χ2n) is 11.2. The molecule has 1 aliphatic carbocycles. The van der Waals surface area contributed by atoms with E-state index in [1.165, 1.54) is 0 Å². The number of hydrogen-bond acceptors (Lipinski definition) is 6. The first-order valence-corrected chi connectivity index (χ1v) is 14.4. The van der Waals surface area contributed by atoms with Crippen LogP contribution in [0.4, 0.5) is 0 Å². The van der Waals surface area contributed by atoms with Crippen LogP contribution in [0.2, 0.25) is 0 Å². The summed E-state index contributed by atoms with van der Waals surface area (Å²) in [5.74, 6) is 3.68. The van der Waals surface area contributed by atoms with Gasteiger partial charge in [-0.25, -0.2) is 4.79 Å². The number of fused-ring (bicyclic) bond motifs is 3.